The Balaban J connectivity index is 1.98. The summed E-state index contributed by atoms with van der Waals surface area (Å²) in [5, 5.41) is 3.00. The van der Waals surface area contributed by atoms with Crippen LogP contribution in [0.4, 0.5) is 0 Å². The number of hydrogen-bond donors (Lipinski definition) is 1. The summed E-state index contributed by atoms with van der Waals surface area (Å²) < 4.78 is 5.51. The number of carbonyl (C=O) groups excluding carboxylic acids is 2. The van der Waals surface area contributed by atoms with Crippen molar-refractivity contribution in [2.24, 2.45) is 0 Å². The summed E-state index contributed by atoms with van der Waals surface area (Å²) in [6, 6.07) is 9.77. The Morgan fingerprint density at radius 3 is 2.82 bits per heavy atom. The van der Waals surface area contributed by atoms with Crippen molar-refractivity contribution in [3.63, 3.8) is 0 Å². The van der Waals surface area contributed by atoms with Crippen LogP contribution >= 0.6 is 0 Å². The van der Waals surface area contributed by atoms with Crippen LogP contribution in [0.15, 0.2) is 43.0 Å². The summed E-state index contributed by atoms with van der Waals surface area (Å²) >= 11 is 0. The van der Waals surface area contributed by atoms with E-state index in [4.69, 9.17) is 4.74 Å². The summed E-state index contributed by atoms with van der Waals surface area (Å²) in [5.74, 6) is -0.353. The Hall–Kier alpha value is -2.14. The molecule has 22 heavy (non-hydrogen) atoms. The van der Waals surface area contributed by atoms with Crippen molar-refractivity contribution >= 4 is 11.8 Å². The van der Waals surface area contributed by atoms with Crippen LogP contribution in [-0.2, 0) is 14.3 Å². The molecule has 2 atom stereocenters. The molecular formula is C17H22N2O3. The molecule has 0 saturated carbocycles. The number of carbonyl (C=O) groups is 2. The first-order valence-electron chi connectivity index (χ1n) is 7.54. The molecule has 1 fully saturated rings. The van der Waals surface area contributed by atoms with Crippen molar-refractivity contribution in [2.75, 3.05) is 19.7 Å². The highest BCUT2D eigenvalue weighted by molar-refractivity contribution is 5.88. The van der Waals surface area contributed by atoms with Crippen LogP contribution in [0.3, 0.4) is 0 Å². The highest BCUT2D eigenvalue weighted by atomic mass is 16.5. The second-order valence-electron chi connectivity index (χ2n) is 5.23. The molecular weight excluding hydrogens is 280 g/mol. The van der Waals surface area contributed by atoms with Crippen LogP contribution in [0.2, 0.25) is 0 Å². The summed E-state index contributed by atoms with van der Waals surface area (Å²) in [5.41, 5.74) is 1.06. The molecule has 2 amide bonds. The van der Waals surface area contributed by atoms with Crippen molar-refractivity contribution in [1.29, 1.82) is 0 Å². The number of nitrogens with zero attached hydrogens (tertiary/aromatic N) is 1. The van der Waals surface area contributed by atoms with Crippen LogP contribution < -0.4 is 5.32 Å². The van der Waals surface area contributed by atoms with E-state index in [2.05, 4.69) is 11.9 Å². The van der Waals surface area contributed by atoms with Crippen LogP contribution in [-0.4, -0.2) is 42.5 Å². The van der Waals surface area contributed by atoms with Gasteiger partial charge in [-0.15, -0.1) is 0 Å². The Morgan fingerprint density at radius 2 is 2.18 bits per heavy atom. The highest BCUT2D eigenvalue weighted by Crippen LogP contribution is 2.17. The molecule has 118 valence electrons. The zero-order valence-corrected chi connectivity index (χ0v) is 12.8. The first-order chi connectivity index (χ1) is 10.7. The molecule has 0 spiro atoms. The van der Waals surface area contributed by atoms with Gasteiger partial charge in [0.05, 0.1) is 19.2 Å². The van der Waals surface area contributed by atoms with Gasteiger partial charge in [0.25, 0.3) is 5.91 Å². The monoisotopic (exact) mass is 302 g/mol. The van der Waals surface area contributed by atoms with Crippen molar-refractivity contribution < 1.29 is 14.3 Å². The topological polar surface area (TPSA) is 58.6 Å². The van der Waals surface area contributed by atoms with Crippen molar-refractivity contribution in [2.45, 2.75) is 25.5 Å². The predicted molar refractivity (Wildman–Crippen MR) is 84.1 cm³/mol. The first-order valence-corrected chi connectivity index (χ1v) is 7.54. The molecule has 1 saturated heterocycles. The minimum absolute atomic E-state index is 0.0530. The van der Waals surface area contributed by atoms with Gasteiger partial charge < -0.3 is 15.0 Å². The third-order valence-electron chi connectivity index (χ3n) is 3.77. The SMILES string of the molecule is C=CC(=O)N1CCOC(C(=O)N[C@@H](CC)c2ccccc2)C1. The van der Waals surface area contributed by atoms with Gasteiger partial charge in [-0.25, -0.2) is 0 Å². The lowest BCUT2D eigenvalue weighted by atomic mass is 10.0. The average Bonchev–Trinajstić information content (AvgIpc) is 2.59. The molecule has 1 aliphatic heterocycles. The standard InChI is InChI=1S/C17H22N2O3/c1-3-14(13-8-6-5-7-9-13)18-17(21)15-12-19(10-11-22-15)16(20)4-2/h4-9,14-15H,2-3,10-12H2,1H3,(H,18,21)/t14-,15?/m0/s1. The maximum atomic E-state index is 12.4. The van der Waals surface area contributed by atoms with E-state index in [1.807, 2.05) is 37.3 Å². The number of rotatable bonds is 5. The van der Waals surface area contributed by atoms with Crippen LogP contribution in [0.5, 0.6) is 0 Å². The Morgan fingerprint density at radius 1 is 1.45 bits per heavy atom. The molecule has 0 aliphatic carbocycles. The molecule has 0 radical (unpaired) electrons. The fraction of sp³-hybridized carbons (Fsp3) is 0.412. The lowest BCUT2D eigenvalue weighted by Gasteiger charge is -2.32. The summed E-state index contributed by atoms with van der Waals surface area (Å²) in [6.45, 7) is 6.61. The van der Waals surface area contributed by atoms with Gasteiger partial charge in [0.1, 0.15) is 0 Å². The highest BCUT2D eigenvalue weighted by Gasteiger charge is 2.29. The summed E-state index contributed by atoms with van der Waals surface area (Å²) in [4.78, 5) is 25.6. The third-order valence-corrected chi connectivity index (χ3v) is 3.77. The second kappa shape index (κ2) is 7.75. The lowest BCUT2D eigenvalue weighted by Crippen LogP contribution is -2.51. The minimum atomic E-state index is -0.629. The van der Waals surface area contributed by atoms with E-state index >= 15 is 0 Å². The Kier molecular flexibility index (Phi) is 5.72. The molecule has 1 heterocycles. The number of benzene rings is 1. The molecule has 0 aromatic heterocycles. The molecule has 5 heteroatoms. The van der Waals surface area contributed by atoms with Gasteiger partial charge in [-0.3, -0.25) is 9.59 Å². The van der Waals surface area contributed by atoms with E-state index in [1.54, 1.807) is 4.90 Å². The van der Waals surface area contributed by atoms with Crippen molar-refractivity contribution in [1.82, 2.24) is 10.2 Å². The van der Waals surface area contributed by atoms with Gasteiger partial charge in [-0.05, 0) is 18.1 Å². The maximum absolute atomic E-state index is 12.4. The molecule has 1 aromatic rings. The fourth-order valence-corrected chi connectivity index (χ4v) is 2.51. The van der Waals surface area contributed by atoms with Gasteiger partial charge in [-0.2, -0.15) is 0 Å². The van der Waals surface area contributed by atoms with Gasteiger partial charge >= 0.3 is 0 Å². The lowest BCUT2D eigenvalue weighted by molar-refractivity contribution is -0.145. The molecule has 0 bridgehead atoms. The number of hydrogen-bond acceptors (Lipinski definition) is 3. The molecule has 2 rings (SSSR count). The van der Waals surface area contributed by atoms with E-state index < -0.39 is 6.10 Å². The van der Waals surface area contributed by atoms with Gasteiger partial charge in [0.2, 0.25) is 5.91 Å². The molecule has 1 unspecified atom stereocenters. The number of ether oxygens (including phenoxy) is 1. The zero-order valence-electron chi connectivity index (χ0n) is 12.8. The van der Waals surface area contributed by atoms with Crippen LogP contribution in [0.1, 0.15) is 24.9 Å². The molecule has 1 aromatic carbocycles. The number of morpholine rings is 1. The third kappa shape index (κ3) is 3.95. The van der Waals surface area contributed by atoms with Crippen molar-refractivity contribution in [3.05, 3.63) is 48.6 Å². The first kappa shape index (κ1) is 16.2. The Labute approximate surface area is 130 Å². The average molecular weight is 302 g/mol. The van der Waals surface area contributed by atoms with E-state index in [-0.39, 0.29) is 24.4 Å². The van der Waals surface area contributed by atoms with Crippen LogP contribution in [0, 0.1) is 0 Å². The summed E-state index contributed by atoms with van der Waals surface area (Å²) in [6.07, 6.45) is 1.42. The van der Waals surface area contributed by atoms with Gasteiger partial charge in [0.15, 0.2) is 6.10 Å². The normalized spacial score (nSPS) is 19.3. The molecule has 1 N–H and O–H groups in total. The van der Waals surface area contributed by atoms with Crippen LogP contribution in [0.25, 0.3) is 0 Å². The summed E-state index contributed by atoms with van der Waals surface area (Å²) in [7, 11) is 0. The van der Waals surface area contributed by atoms with Crippen molar-refractivity contribution in [3.8, 4) is 0 Å². The van der Waals surface area contributed by atoms with E-state index in [0.717, 1.165) is 12.0 Å². The Bertz CT molecular complexity index is 530. The number of amides is 2. The van der Waals surface area contributed by atoms with E-state index in [1.165, 1.54) is 6.08 Å². The smallest absolute Gasteiger partial charge is 0.251 e. The van der Waals surface area contributed by atoms with Gasteiger partial charge in [-0.1, -0.05) is 43.8 Å². The molecule has 5 nitrogen and oxygen atoms in total. The minimum Gasteiger partial charge on any atom is -0.365 e. The van der Waals surface area contributed by atoms with E-state index in [9.17, 15) is 9.59 Å². The predicted octanol–water partition coefficient (Wildman–Crippen LogP) is 1.67. The fourth-order valence-electron chi connectivity index (χ4n) is 2.51. The second-order valence-corrected chi connectivity index (χ2v) is 5.23. The number of nitrogens with one attached hydrogen (secondary N) is 1. The van der Waals surface area contributed by atoms with Gasteiger partial charge in [0, 0.05) is 6.54 Å². The largest absolute Gasteiger partial charge is 0.365 e. The molecule has 1 aliphatic rings. The maximum Gasteiger partial charge on any atom is 0.251 e. The quantitative estimate of drug-likeness (QED) is 0.842. The zero-order chi connectivity index (χ0) is 15.9. The van der Waals surface area contributed by atoms with E-state index in [0.29, 0.717) is 13.2 Å².